The van der Waals surface area contributed by atoms with Gasteiger partial charge in [0.15, 0.2) is 6.10 Å². The van der Waals surface area contributed by atoms with Crippen LogP contribution in [0.25, 0.3) is 0 Å². The van der Waals surface area contributed by atoms with Crippen LogP contribution in [-0.2, 0) is 9.53 Å². The van der Waals surface area contributed by atoms with Crippen LogP contribution in [0.3, 0.4) is 0 Å². The Labute approximate surface area is 94.7 Å². The van der Waals surface area contributed by atoms with Gasteiger partial charge in [-0.2, -0.15) is 0 Å². The smallest absolute Gasteiger partial charge is 0.436 e. The summed E-state index contributed by atoms with van der Waals surface area (Å²) in [6.45, 7) is 1.51. The number of nitrogens with one attached hydrogen (secondary N) is 1. The molecule has 5 heteroatoms. The number of amides is 2. The van der Waals surface area contributed by atoms with Crippen molar-refractivity contribution in [3.05, 3.63) is 0 Å². The topological polar surface area (TPSA) is 55.4 Å². The second-order valence-electron chi connectivity index (χ2n) is 1.54. The molecule has 9 heavy (non-hydrogen) atoms. The average molecular weight is 154 g/mol. The molecule has 0 aromatic carbocycles. The van der Waals surface area contributed by atoms with E-state index in [9.17, 15) is 9.59 Å². The van der Waals surface area contributed by atoms with Crippen molar-refractivity contribution in [2.75, 3.05) is 0 Å². The first kappa shape index (κ1) is 9.58. The zero-order valence-corrected chi connectivity index (χ0v) is 8.43. The molecule has 44 valence electrons. The van der Waals surface area contributed by atoms with Crippen LogP contribution in [0.4, 0.5) is 4.79 Å². The van der Waals surface area contributed by atoms with Gasteiger partial charge in [-0.1, -0.05) is 0 Å². The van der Waals surface area contributed by atoms with Gasteiger partial charge in [-0.25, -0.2) is 4.79 Å². The van der Waals surface area contributed by atoms with Gasteiger partial charge in [0, 0.05) is 0 Å². The van der Waals surface area contributed by atoms with E-state index in [0.717, 1.165) is 0 Å². The zero-order chi connectivity index (χ0) is 6.15. The van der Waals surface area contributed by atoms with E-state index in [-0.39, 0.29) is 57.3 Å². The molecule has 2 amide bonds. The molecule has 1 aliphatic rings. The molecule has 0 aromatic heterocycles. The summed E-state index contributed by atoms with van der Waals surface area (Å²) in [5.41, 5.74) is 0. The summed E-state index contributed by atoms with van der Waals surface area (Å²) in [7, 11) is 0. The maximum atomic E-state index is 10.3. The Bertz CT molecular complexity index is 147. The van der Waals surface area contributed by atoms with Crippen LogP contribution < -0.4 is 56.7 Å². The Hall–Kier alpha value is 0.576. The standard InChI is InChI=1S/C4H5NO3.K/c1-2-3(6)5-4(7)8-2;/h2H,1H3,(H,5,6,7);/q;+1. The normalized spacial score (nSPS) is 24.3. The number of ether oxygens (including phenoxy) is 1. The number of hydrogen-bond donors (Lipinski definition) is 1. The van der Waals surface area contributed by atoms with E-state index >= 15 is 0 Å². The second-order valence-corrected chi connectivity index (χ2v) is 1.54. The van der Waals surface area contributed by atoms with E-state index in [1.807, 2.05) is 5.32 Å². The largest absolute Gasteiger partial charge is 1.00 e. The van der Waals surface area contributed by atoms with Gasteiger partial charge >= 0.3 is 57.5 Å². The molecular formula is C4H5KNO3+. The van der Waals surface area contributed by atoms with Gasteiger partial charge < -0.3 is 4.74 Å². The van der Waals surface area contributed by atoms with E-state index < -0.39 is 12.2 Å². The number of imide groups is 1. The molecule has 0 radical (unpaired) electrons. The maximum absolute atomic E-state index is 10.3. The molecule has 1 aliphatic heterocycles. The van der Waals surface area contributed by atoms with Crippen LogP contribution in [0.1, 0.15) is 6.92 Å². The van der Waals surface area contributed by atoms with Crippen LogP contribution in [0.5, 0.6) is 0 Å². The van der Waals surface area contributed by atoms with Gasteiger partial charge in [0.25, 0.3) is 5.91 Å². The fourth-order valence-corrected chi connectivity index (χ4v) is 0.446. The molecule has 1 heterocycles. The minimum absolute atomic E-state index is 0. The van der Waals surface area contributed by atoms with Gasteiger partial charge in [0.1, 0.15) is 0 Å². The van der Waals surface area contributed by atoms with E-state index in [1.165, 1.54) is 6.92 Å². The molecule has 1 saturated heterocycles. The van der Waals surface area contributed by atoms with E-state index in [4.69, 9.17) is 0 Å². The summed E-state index contributed by atoms with van der Waals surface area (Å²) < 4.78 is 4.37. The van der Waals surface area contributed by atoms with Crippen molar-refractivity contribution >= 4 is 12.0 Å². The fraction of sp³-hybridized carbons (Fsp3) is 0.500. The number of alkyl carbamates (subject to hydrolysis) is 1. The summed E-state index contributed by atoms with van der Waals surface area (Å²) in [6.07, 6.45) is -1.26. The Morgan fingerprint density at radius 2 is 2.11 bits per heavy atom. The molecule has 1 rings (SSSR count). The van der Waals surface area contributed by atoms with Gasteiger partial charge in [0.2, 0.25) is 0 Å². The SMILES string of the molecule is CC1OC(=O)NC1=O.[K+]. The summed E-state index contributed by atoms with van der Waals surface area (Å²) >= 11 is 0. The molecule has 0 spiro atoms. The Morgan fingerprint density at radius 1 is 1.56 bits per heavy atom. The third-order valence-electron chi connectivity index (χ3n) is 0.878. The third-order valence-corrected chi connectivity index (χ3v) is 0.878. The zero-order valence-electron chi connectivity index (χ0n) is 5.30. The molecular weight excluding hydrogens is 149 g/mol. The average Bonchev–Trinajstić information content (AvgIpc) is 1.85. The van der Waals surface area contributed by atoms with Crippen molar-refractivity contribution in [2.45, 2.75) is 13.0 Å². The Morgan fingerprint density at radius 3 is 2.22 bits per heavy atom. The maximum Gasteiger partial charge on any atom is 1.00 e. The minimum atomic E-state index is -0.650. The first-order valence-electron chi connectivity index (χ1n) is 2.21. The van der Waals surface area contributed by atoms with E-state index in [2.05, 4.69) is 4.74 Å². The molecule has 4 nitrogen and oxygen atoms in total. The van der Waals surface area contributed by atoms with Crippen LogP contribution in [0.2, 0.25) is 0 Å². The van der Waals surface area contributed by atoms with Gasteiger partial charge in [-0.3, -0.25) is 10.1 Å². The van der Waals surface area contributed by atoms with Crippen molar-refractivity contribution in [3.8, 4) is 0 Å². The first-order valence-corrected chi connectivity index (χ1v) is 2.21. The van der Waals surface area contributed by atoms with Crippen LogP contribution in [0.15, 0.2) is 0 Å². The summed E-state index contributed by atoms with van der Waals surface area (Å²) in [6, 6.07) is 0. The predicted octanol–water partition coefficient (Wildman–Crippen LogP) is -3.35. The van der Waals surface area contributed by atoms with Gasteiger partial charge in [-0.15, -0.1) is 0 Å². The van der Waals surface area contributed by atoms with Crippen LogP contribution >= 0.6 is 0 Å². The second kappa shape index (κ2) is 3.67. The molecule has 1 unspecified atom stereocenters. The number of cyclic esters (lactones) is 1. The molecule has 0 saturated carbocycles. The number of rotatable bonds is 0. The van der Waals surface area contributed by atoms with Gasteiger partial charge in [-0.05, 0) is 6.92 Å². The number of carbonyl (C=O) groups excluding carboxylic acids is 2. The molecule has 1 N–H and O–H groups in total. The third kappa shape index (κ3) is 2.35. The molecule has 0 bridgehead atoms. The van der Waals surface area contributed by atoms with Crippen molar-refractivity contribution in [1.82, 2.24) is 5.32 Å². The minimum Gasteiger partial charge on any atom is -0.436 e. The summed E-state index contributed by atoms with van der Waals surface area (Å²) in [4.78, 5) is 20.4. The Balaban J connectivity index is 0.000000640. The molecule has 0 aromatic rings. The molecule has 1 atom stereocenters. The van der Waals surface area contributed by atoms with Crippen LogP contribution in [0, 0.1) is 0 Å². The van der Waals surface area contributed by atoms with Crippen molar-refractivity contribution in [3.63, 3.8) is 0 Å². The van der Waals surface area contributed by atoms with Crippen molar-refractivity contribution in [2.24, 2.45) is 0 Å². The first-order chi connectivity index (χ1) is 3.70. The molecule has 0 aliphatic carbocycles. The van der Waals surface area contributed by atoms with Crippen molar-refractivity contribution < 1.29 is 65.7 Å². The fourth-order valence-electron chi connectivity index (χ4n) is 0.446. The summed E-state index contributed by atoms with van der Waals surface area (Å²) in [5, 5.41) is 1.97. The van der Waals surface area contributed by atoms with Crippen molar-refractivity contribution in [1.29, 1.82) is 0 Å². The van der Waals surface area contributed by atoms with E-state index in [0.29, 0.717) is 0 Å². The number of carbonyl (C=O) groups is 2. The Kier molecular flexibility index (Phi) is 3.91. The van der Waals surface area contributed by atoms with Crippen LogP contribution in [-0.4, -0.2) is 18.1 Å². The number of hydrogen-bond acceptors (Lipinski definition) is 3. The summed E-state index contributed by atoms with van der Waals surface area (Å²) in [5.74, 6) is -0.366. The quantitative estimate of drug-likeness (QED) is 0.371. The predicted molar refractivity (Wildman–Crippen MR) is 24.1 cm³/mol. The molecule has 1 fully saturated rings. The van der Waals surface area contributed by atoms with E-state index in [1.54, 1.807) is 0 Å². The monoisotopic (exact) mass is 154 g/mol. The van der Waals surface area contributed by atoms with Gasteiger partial charge in [0.05, 0.1) is 0 Å².